The number of benzene rings is 3. The third-order valence-corrected chi connectivity index (χ3v) is 4.13. The van der Waals surface area contributed by atoms with E-state index in [1.165, 1.54) is 7.11 Å². The zero-order valence-electron chi connectivity index (χ0n) is 14.2. The molecule has 0 unspecified atom stereocenters. The Morgan fingerprint density at radius 3 is 2.54 bits per heavy atom. The number of aromatic hydroxyl groups is 1. The van der Waals surface area contributed by atoms with Gasteiger partial charge in [0.2, 0.25) is 5.89 Å². The summed E-state index contributed by atoms with van der Waals surface area (Å²) in [6.07, 6.45) is 3.62. The molecule has 128 valence electrons. The Balaban J connectivity index is 1.62. The first-order valence-corrected chi connectivity index (χ1v) is 8.24. The summed E-state index contributed by atoms with van der Waals surface area (Å²) in [5.74, 6) is 1.05. The van der Waals surface area contributed by atoms with E-state index in [-0.39, 0.29) is 5.75 Å². The maximum Gasteiger partial charge on any atom is 0.220 e. The van der Waals surface area contributed by atoms with Gasteiger partial charge in [-0.3, -0.25) is 0 Å². The van der Waals surface area contributed by atoms with Crippen molar-refractivity contribution in [3.05, 3.63) is 78.2 Å². The minimum Gasteiger partial charge on any atom is -0.504 e. The van der Waals surface area contributed by atoms with Gasteiger partial charge < -0.3 is 14.3 Å². The molecule has 1 N–H and O–H groups in total. The molecule has 0 fully saturated rings. The van der Waals surface area contributed by atoms with Gasteiger partial charge in [0.05, 0.1) is 7.11 Å². The molecule has 26 heavy (non-hydrogen) atoms. The SMILES string of the molecule is COc1ccc(C=Cc2nc3cc(-c4ccccc4)ccc3o2)cc1O. The molecule has 4 rings (SSSR count). The van der Waals surface area contributed by atoms with Crippen LogP contribution in [0.3, 0.4) is 0 Å². The van der Waals surface area contributed by atoms with Gasteiger partial charge in [-0.05, 0) is 47.0 Å². The topological polar surface area (TPSA) is 55.5 Å². The van der Waals surface area contributed by atoms with Gasteiger partial charge in [-0.25, -0.2) is 4.98 Å². The van der Waals surface area contributed by atoms with Crippen LogP contribution in [-0.2, 0) is 0 Å². The number of methoxy groups -OCH3 is 1. The lowest BCUT2D eigenvalue weighted by Crippen LogP contribution is -1.83. The van der Waals surface area contributed by atoms with E-state index < -0.39 is 0 Å². The first-order valence-electron chi connectivity index (χ1n) is 8.24. The van der Waals surface area contributed by atoms with Crippen molar-refractivity contribution in [2.75, 3.05) is 7.11 Å². The van der Waals surface area contributed by atoms with Gasteiger partial charge in [0, 0.05) is 6.08 Å². The van der Waals surface area contributed by atoms with Gasteiger partial charge >= 0.3 is 0 Å². The molecular formula is C22H17NO3. The molecule has 3 aromatic carbocycles. The standard InChI is InChI=1S/C22H17NO3/c1-25-21-10-7-15(13-19(21)24)8-12-22-23-18-14-17(9-11-20(18)26-22)16-5-3-2-4-6-16/h2-14,24H,1H3. The monoisotopic (exact) mass is 343 g/mol. The summed E-state index contributed by atoms with van der Waals surface area (Å²) in [5.41, 5.74) is 4.62. The summed E-state index contributed by atoms with van der Waals surface area (Å²) in [7, 11) is 1.52. The third-order valence-electron chi connectivity index (χ3n) is 4.13. The van der Waals surface area contributed by atoms with Crippen LogP contribution in [-0.4, -0.2) is 17.2 Å². The van der Waals surface area contributed by atoms with Gasteiger partial charge in [0.1, 0.15) is 5.52 Å². The molecule has 0 saturated heterocycles. The van der Waals surface area contributed by atoms with Crippen LogP contribution in [0.15, 0.2) is 71.1 Å². The summed E-state index contributed by atoms with van der Waals surface area (Å²) < 4.78 is 10.8. The summed E-state index contributed by atoms with van der Waals surface area (Å²) >= 11 is 0. The number of hydrogen-bond donors (Lipinski definition) is 1. The lowest BCUT2D eigenvalue weighted by atomic mass is 10.1. The minimum atomic E-state index is 0.0970. The molecule has 0 atom stereocenters. The van der Waals surface area contributed by atoms with Gasteiger partial charge in [0.15, 0.2) is 17.1 Å². The molecule has 4 nitrogen and oxygen atoms in total. The normalized spacial score (nSPS) is 11.3. The van der Waals surface area contributed by atoms with Crippen molar-refractivity contribution in [2.24, 2.45) is 0 Å². The molecule has 0 bridgehead atoms. The first kappa shape index (κ1) is 16.0. The van der Waals surface area contributed by atoms with Crippen LogP contribution in [0.2, 0.25) is 0 Å². The van der Waals surface area contributed by atoms with E-state index in [1.807, 2.05) is 48.5 Å². The van der Waals surface area contributed by atoms with E-state index in [4.69, 9.17) is 9.15 Å². The number of phenolic OH excluding ortho intramolecular Hbond substituents is 1. The van der Waals surface area contributed by atoms with Crippen LogP contribution in [0.5, 0.6) is 11.5 Å². The number of hydrogen-bond acceptors (Lipinski definition) is 4. The highest BCUT2D eigenvalue weighted by Crippen LogP contribution is 2.28. The van der Waals surface area contributed by atoms with Crippen molar-refractivity contribution in [1.29, 1.82) is 0 Å². The average molecular weight is 343 g/mol. The lowest BCUT2D eigenvalue weighted by molar-refractivity contribution is 0.373. The third kappa shape index (κ3) is 3.17. The van der Waals surface area contributed by atoms with E-state index in [0.717, 1.165) is 27.8 Å². The predicted octanol–water partition coefficient (Wildman–Crippen LogP) is 5.38. The summed E-state index contributed by atoms with van der Waals surface area (Å²) in [5, 5.41) is 9.84. The molecule has 0 aliphatic heterocycles. The number of nitrogens with zero attached hydrogens (tertiary/aromatic N) is 1. The van der Waals surface area contributed by atoms with Crippen molar-refractivity contribution in [1.82, 2.24) is 4.98 Å². The molecular weight excluding hydrogens is 326 g/mol. The van der Waals surface area contributed by atoms with E-state index in [0.29, 0.717) is 11.6 Å². The fourth-order valence-electron chi connectivity index (χ4n) is 2.80. The molecule has 0 amide bonds. The first-order chi connectivity index (χ1) is 12.7. The predicted molar refractivity (Wildman–Crippen MR) is 103 cm³/mol. The Morgan fingerprint density at radius 1 is 0.923 bits per heavy atom. The molecule has 4 heteroatoms. The van der Waals surface area contributed by atoms with Gasteiger partial charge in [-0.15, -0.1) is 0 Å². The highest BCUT2D eigenvalue weighted by molar-refractivity contribution is 5.82. The molecule has 0 aliphatic carbocycles. The quantitative estimate of drug-likeness (QED) is 0.540. The summed E-state index contributed by atoms with van der Waals surface area (Å²) in [6, 6.07) is 21.3. The maximum atomic E-state index is 9.84. The second-order valence-electron chi connectivity index (χ2n) is 5.87. The fraction of sp³-hybridized carbons (Fsp3) is 0.0455. The second kappa shape index (κ2) is 6.76. The Hall–Kier alpha value is -3.53. The Morgan fingerprint density at radius 2 is 1.77 bits per heavy atom. The van der Waals surface area contributed by atoms with Gasteiger partial charge in [-0.1, -0.05) is 42.5 Å². The summed E-state index contributed by atoms with van der Waals surface area (Å²) in [4.78, 5) is 4.53. The summed E-state index contributed by atoms with van der Waals surface area (Å²) in [6.45, 7) is 0. The largest absolute Gasteiger partial charge is 0.504 e. The van der Waals surface area contributed by atoms with E-state index in [1.54, 1.807) is 18.2 Å². The fourth-order valence-corrected chi connectivity index (χ4v) is 2.80. The molecule has 4 aromatic rings. The van der Waals surface area contributed by atoms with Crippen LogP contribution in [0, 0.1) is 0 Å². The Bertz CT molecular complexity index is 1080. The van der Waals surface area contributed by atoms with E-state index in [2.05, 4.69) is 17.1 Å². The minimum absolute atomic E-state index is 0.0970. The van der Waals surface area contributed by atoms with Crippen molar-refractivity contribution >= 4 is 23.3 Å². The van der Waals surface area contributed by atoms with E-state index >= 15 is 0 Å². The lowest BCUT2D eigenvalue weighted by Gasteiger charge is -2.02. The Labute approximate surface area is 151 Å². The highest BCUT2D eigenvalue weighted by atomic mass is 16.5. The zero-order chi connectivity index (χ0) is 17.9. The van der Waals surface area contributed by atoms with Gasteiger partial charge in [-0.2, -0.15) is 0 Å². The van der Waals surface area contributed by atoms with Crippen molar-refractivity contribution < 1.29 is 14.3 Å². The second-order valence-corrected chi connectivity index (χ2v) is 5.87. The smallest absolute Gasteiger partial charge is 0.220 e. The van der Waals surface area contributed by atoms with E-state index in [9.17, 15) is 5.11 Å². The zero-order valence-corrected chi connectivity index (χ0v) is 14.2. The molecule has 1 heterocycles. The molecule has 0 aliphatic rings. The average Bonchev–Trinajstić information content (AvgIpc) is 3.09. The Kier molecular flexibility index (Phi) is 4.15. The number of phenols is 1. The van der Waals surface area contributed by atoms with Crippen molar-refractivity contribution in [3.8, 4) is 22.6 Å². The van der Waals surface area contributed by atoms with Crippen molar-refractivity contribution in [2.45, 2.75) is 0 Å². The number of fused-ring (bicyclic) bond motifs is 1. The maximum absolute atomic E-state index is 9.84. The van der Waals surface area contributed by atoms with Crippen LogP contribution < -0.4 is 4.74 Å². The van der Waals surface area contributed by atoms with Crippen LogP contribution >= 0.6 is 0 Å². The number of ether oxygens (including phenoxy) is 1. The van der Waals surface area contributed by atoms with Crippen LogP contribution in [0.4, 0.5) is 0 Å². The van der Waals surface area contributed by atoms with Gasteiger partial charge in [0.25, 0.3) is 0 Å². The highest BCUT2D eigenvalue weighted by Gasteiger charge is 2.06. The molecule has 0 radical (unpaired) electrons. The number of oxazole rings is 1. The molecule has 0 saturated carbocycles. The molecule has 1 aromatic heterocycles. The van der Waals surface area contributed by atoms with Crippen LogP contribution in [0.1, 0.15) is 11.5 Å². The van der Waals surface area contributed by atoms with Crippen molar-refractivity contribution in [3.63, 3.8) is 0 Å². The molecule has 0 spiro atoms. The number of rotatable bonds is 4. The van der Waals surface area contributed by atoms with Crippen LogP contribution in [0.25, 0.3) is 34.4 Å². The number of aromatic nitrogens is 1.